The number of hydrogen-bond acceptors (Lipinski definition) is 5. The maximum atomic E-state index is 12.8. The third-order valence-corrected chi connectivity index (χ3v) is 5.01. The van der Waals surface area contributed by atoms with Crippen molar-refractivity contribution < 1.29 is 4.79 Å². The molecule has 0 bridgehead atoms. The van der Waals surface area contributed by atoms with Crippen LogP contribution in [0.1, 0.15) is 23.6 Å². The highest BCUT2D eigenvalue weighted by atomic mass is 32.1. The maximum Gasteiger partial charge on any atom is 0.317 e. The van der Waals surface area contributed by atoms with Gasteiger partial charge in [-0.2, -0.15) is 8.75 Å². The lowest BCUT2D eigenvalue weighted by Gasteiger charge is -2.25. The van der Waals surface area contributed by atoms with Crippen molar-refractivity contribution in [3.05, 3.63) is 59.7 Å². The van der Waals surface area contributed by atoms with Crippen molar-refractivity contribution in [2.45, 2.75) is 19.0 Å². The Morgan fingerprint density at radius 2 is 1.81 bits per heavy atom. The van der Waals surface area contributed by atoms with Crippen LogP contribution >= 0.6 is 11.7 Å². The summed E-state index contributed by atoms with van der Waals surface area (Å²) < 4.78 is 8.48. The first-order valence-corrected chi connectivity index (χ1v) is 9.68. The van der Waals surface area contributed by atoms with Crippen molar-refractivity contribution in [2.24, 2.45) is 0 Å². The van der Waals surface area contributed by atoms with Gasteiger partial charge in [0.05, 0.1) is 17.8 Å². The summed E-state index contributed by atoms with van der Waals surface area (Å²) in [5.74, 6) is 0. The Hall–Kier alpha value is -2.51. The lowest BCUT2D eigenvalue weighted by molar-refractivity contribution is 0.201. The summed E-state index contributed by atoms with van der Waals surface area (Å²) in [6, 6.07) is 15.9. The monoisotopic (exact) mass is 383 g/mol. The molecule has 142 valence electrons. The fourth-order valence-electron chi connectivity index (χ4n) is 2.93. The standard InChI is InChI=1S/C20H25N5OS/c1-24(2)12-11-17(16-7-5-4-6-8-16)21-20(26)25(3)14-15-9-10-18-19(13-15)23-27-22-18/h4-10,13,17H,11-12,14H2,1-3H3,(H,21,26). The van der Waals surface area contributed by atoms with E-state index in [0.717, 1.165) is 35.1 Å². The highest BCUT2D eigenvalue weighted by Gasteiger charge is 2.17. The molecule has 3 rings (SSSR count). The van der Waals surface area contributed by atoms with Crippen LogP contribution in [0.3, 0.4) is 0 Å². The summed E-state index contributed by atoms with van der Waals surface area (Å²) in [6.45, 7) is 1.42. The first kappa shape index (κ1) is 19.3. The number of fused-ring (bicyclic) bond motifs is 1. The number of aromatic nitrogens is 2. The van der Waals surface area contributed by atoms with Gasteiger partial charge >= 0.3 is 6.03 Å². The number of amides is 2. The largest absolute Gasteiger partial charge is 0.331 e. The first-order valence-electron chi connectivity index (χ1n) is 8.95. The molecular weight excluding hydrogens is 358 g/mol. The van der Waals surface area contributed by atoms with Crippen LogP contribution in [0.25, 0.3) is 11.0 Å². The minimum atomic E-state index is -0.0842. The molecule has 1 atom stereocenters. The molecule has 0 spiro atoms. The van der Waals surface area contributed by atoms with Gasteiger partial charge in [0.25, 0.3) is 0 Å². The zero-order valence-corrected chi connectivity index (χ0v) is 16.7. The second-order valence-electron chi connectivity index (χ2n) is 6.95. The van der Waals surface area contributed by atoms with Crippen LogP contribution in [0, 0.1) is 0 Å². The number of benzene rings is 2. The summed E-state index contributed by atoms with van der Waals surface area (Å²) in [7, 11) is 5.89. The average molecular weight is 384 g/mol. The van der Waals surface area contributed by atoms with Gasteiger partial charge in [0, 0.05) is 13.6 Å². The molecule has 3 aromatic rings. The van der Waals surface area contributed by atoms with Crippen molar-refractivity contribution in [3.63, 3.8) is 0 Å². The van der Waals surface area contributed by atoms with Crippen LogP contribution in [-0.2, 0) is 6.54 Å². The molecule has 1 N–H and O–H groups in total. The summed E-state index contributed by atoms with van der Waals surface area (Å²) in [6.07, 6.45) is 0.854. The number of rotatable bonds is 7. The predicted molar refractivity (Wildman–Crippen MR) is 110 cm³/mol. The quantitative estimate of drug-likeness (QED) is 0.678. The number of urea groups is 1. The van der Waals surface area contributed by atoms with Gasteiger partial charge in [0.1, 0.15) is 11.0 Å². The summed E-state index contributed by atoms with van der Waals surface area (Å²) >= 11 is 1.20. The molecule has 6 nitrogen and oxygen atoms in total. The molecular formula is C20H25N5OS. The number of nitrogens with one attached hydrogen (secondary N) is 1. The van der Waals surface area contributed by atoms with E-state index in [4.69, 9.17) is 0 Å². The van der Waals surface area contributed by atoms with Crippen LogP contribution < -0.4 is 5.32 Å². The maximum absolute atomic E-state index is 12.8. The molecule has 2 amide bonds. The Balaban J connectivity index is 1.66. The van der Waals surface area contributed by atoms with Gasteiger partial charge in [-0.25, -0.2) is 4.79 Å². The lowest BCUT2D eigenvalue weighted by atomic mass is 10.0. The van der Waals surface area contributed by atoms with Crippen molar-refractivity contribution in [1.29, 1.82) is 0 Å². The van der Waals surface area contributed by atoms with Crippen LogP contribution in [0.4, 0.5) is 4.79 Å². The van der Waals surface area contributed by atoms with Crippen molar-refractivity contribution >= 4 is 28.8 Å². The zero-order chi connectivity index (χ0) is 19.2. The van der Waals surface area contributed by atoms with Gasteiger partial charge in [-0.1, -0.05) is 36.4 Å². The van der Waals surface area contributed by atoms with Crippen LogP contribution in [0.5, 0.6) is 0 Å². The number of hydrogen-bond donors (Lipinski definition) is 1. The van der Waals surface area contributed by atoms with E-state index in [-0.39, 0.29) is 12.1 Å². The second-order valence-corrected chi connectivity index (χ2v) is 7.48. The summed E-state index contributed by atoms with van der Waals surface area (Å²) in [5.41, 5.74) is 3.93. The van der Waals surface area contributed by atoms with Gasteiger partial charge < -0.3 is 15.1 Å². The van der Waals surface area contributed by atoms with Gasteiger partial charge in [-0.15, -0.1) is 0 Å². The van der Waals surface area contributed by atoms with Crippen LogP contribution in [-0.4, -0.2) is 52.3 Å². The fourth-order valence-corrected chi connectivity index (χ4v) is 3.44. The summed E-state index contributed by atoms with van der Waals surface area (Å²) in [4.78, 5) is 16.6. The molecule has 0 fully saturated rings. The van der Waals surface area contributed by atoms with Crippen LogP contribution in [0.15, 0.2) is 48.5 Å². The van der Waals surface area contributed by atoms with Gasteiger partial charge in [0.2, 0.25) is 0 Å². The highest BCUT2D eigenvalue weighted by molar-refractivity contribution is 7.00. The molecule has 0 aliphatic heterocycles. The van der Waals surface area contributed by atoms with E-state index >= 15 is 0 Å². The molecule has 7 heteroatoms. The Labute approximate surface area is 164 Å². The van der Waals surface area contributed by atoms with E-state index in [1.54, 1.807) is 4.90 Å². The fraction of sp³-hybridized carbons (Fsp3) is 0.350. The third-order valence-electron chi connectivity index (χ3n) is 4.45. The lowest BCUT2D eigenvalue weighted by Crippen LogP contribution is -2.39. The molecule has 1 unspecified atom stereocenters. The first-order chi connectivity index (χ1) is 13.0. The molecule has 27 heavy (non-hydrogen) atoms. The molecule has 0 radical (unpaired) electrons. The van der Waals surface area contributed by atoms with Crippen LogP contribution in [0.2, 0.25) is 0 Å². The van der Waals surface area contributed by atoms with E-state index in [2.05, 4.69) is 31.1 Å². The molecule has 1 heterocycles. The summed E-state index contributed by atoms with van der Waals surface area (Å²) in [5, 5.41) is 3.18. The SMILES string of the molecule is CN(C)CCC(NC(=O)N(C)Cc1ccc2nsnc2c1)c1ccccc1. The second kappa shape index (κ2) is 8.92. The Bertz CT molecular complexity index is 880. The van der Waals surface area contributed by atoms with E-state index in [9.17, 15) is 4.79 Å². The number of carbonyl (C=O) groups excluding carboxylic acids is 1. The minimum Gasteiger partial charge on any atom is -0.331 e. The van der Waals surface area contributed by atoms with Gasteiger partial charge in [0.15, 0.2) is 0 Å². The number of carbonyl (C=O) groups is 1. The van der Waals surface area contributed by atoms with E-state index < -0.39 is 0 Å². The Kier molecular flexibility index (Phi) is 6.36. The normalized spacial score (nSPS) is 12.3. The smallest absolute Gasteiger partial charge is 0.317 e. The Morgan fingerprint density at radius 1 is 1.07 bits per heavy atom. The minimum absolute atomic E-state index is 0.0197. The molecule has 1 aromatic heterocycles. The zero-order valence-electron chi connectivity index (χ0n) is 15.9. The molecule has 0 aliphatic carbocycles. The van der Waals surface area contributed by atoms with E-state index in [1.807, 2.05) is 57.5 Å². The predicted octanol–water partition coefficient (Wildman–Crippen LogP) is 3.53. The molecule has 0 saturated carbocycles. The highest BCUT2D eigenvalue weighted by Crippen LogP contribution is 2.18. The third kappa shape index (κ3) is 5.24. The molecule has 0 saturated heterocycles. The Morgan fingerprint density at radius 3 is 2.56 bits per heavy atom. The molecule has 2 aromatic carbocycles. The number of nitrogens with zero attached hydrogens (tertiary/aromatic N) is 4. The van der Waals surface area contributed by atoms with Crippen molar-refractivity contribution in [2.75, 3.05) is 27.7 Å². The van der Waals surface area contributed by atoms with E-state index in [0.29, 0.717) is 6.54 Å². The van der Waals surface area contributed by atoms with Gasteiger partial charge in [-0.3, -0.25) is 0 Å². The van der Waals surface area contributed by atoms with Crippen molar-refractivity contribution in [1.82, 2.24) is 23.9 Å². The van der Waals surface area contributed by atoms with Crippen molar-refractivity contribution in [3.8, 4) is 0 Å². The average Bonchev–Trinajstić information content (AvgIpc) is 3.13. The topological polar surface area (TPSA) is 61.4 Å². The van der Waals surface area contributed by atoms with Gasteiger partial charge in [-0.05, 0) is 50.3 Å². The molecule has 0 aliphatic rings. The van der Waals surface area contributed by atoms with E-state index in [1.165, 1.54) is 11.7 Å².